The van der Waals surface area contributed by atoms with Gasteiger partial charge in [-0.05, 0) is 67.7 Å². The van der Waals surface area contributed by atoms with E-state index in [4.69, 9.17) is 9.47 Å². The highest BCUT2D eigenvalue weighted by Gasteiger charge is 2.35. The number of hydrogen-bond acceptors (Lipinski definition) is 4. The monoisotopic (exact) mass is 398 g/mol. The molecule has 1 aromatic carbocycles. The van der Waals surface area contributed by atoms with Gasteiger partial charge in [-0.2, -0.15) is 0 Å². The molecule has 0 bridgehead atoms. The molecule has 4 aliphatic rings. The Balaban J connectivity index is 1.18. The number of likely N-dealkylation sites (tertiary alicyclic amines) is 2. The van der Waals surface area contributed by atoms with E-state index < -0.39 is 0 Å². The van der Waals surface area contributed by atoms with Crippen LogP contribution in [0.3, 0.4) is 0 Å². The molecule has 2 atom stereocenters. The van der Waals surface area contributed by atoms with Crippen LogP contribution in [-0.2, 0) is 11.3 Å². The molecule has 5 rings (SSSR count). The zero-order valence-corrected chi connectivity index (χ0v) is 17.5. The van der Waals surface area contributed by atoms with Crippen molar-refractivity contribution in [2.45, 2.75) is 57.9 Å². The van der Waals surface area contributed by atoms with Crippen LogP contribution in [0.5, 0.6) is 11.5 Å². The SMILES string of the molecule is O=C1C[C@@H]2CCN(CC3CCCCC3)C[C@@H]2CCN1Cc1ccc2c(c1)OCO2. The second kappa shape index (κ2) is 8.55. The van der Waals surface area contributed by atoms with Gasteiger partial charge in [-0.1, -0.05) is 25.3 Å². The summed E-state index contributed by atoms with van der Waals surface area (Å²) in [5.74, 6) is 4.10. The highest BCUT2D eigenvalue weighted by atomic mass is 16.7. The van der Waals surface area contributed by atoms with Crippen LogP contribution in [0.15, 0.2) is 18.2 Å². The van der Waals surface area contributed by atoms with Crippen molar-refractivity contribution in [2.75, 3.05) is 33.0 Å². The van der Waals surface area contributed by atoms with E-state index in [2.05, 4.69) is 15.9 Å². The van der Waals surface area contributed by atoms with Gasteiger partial charge in [0, 0.05) is 32.6 Å². The maximum absolute atomic E-state index is 13.0. The van der Waals surface area contributed by atoms with Gasteiger partial charge in [0.25, 0.3) is 0 Å². The minimum absolute atomic E-state index is 0.294. The summed E-state index contributed by atoms with van der Waals surface area (Å²) in [5.41, 5.74) is 1.13. The Morgan fingerprint density at radius 3 is 2.66 bits per heavy atom. The molecule has 0 radical (unpaired) electrons. The van der Waals surface area contributed by atoms with Crippen molar-refractivity contribution in [1.82, 2.24) is 9.80 Å². The molecule has 2 saturated heterocycles. The lowest BCUT2D eigenvalue weighted by Crippen LogP contribution is -2.43. The van der Waals surface area contributed by atoms with E-state index in [9.17, 15) is 4.79 Å². The second-order valence-electron chi connectivity index (χ2n) is 9.57. The molecule has 1 aromatic rings. The molecule has 29 heavy (non-hydrogen) atoms. The van der Waals surface area contributed by atoms with Gasteiger partial charge in [0.15, 0.2) is 11.5 Å². The third-order valence-electron chi connectivity index (χ3n) is 7.59. The summed E-state index contributed by atoms with van der Waals surface area (Å²) < 4.78 is 10.9. The predicted molar refractivity (Wildman–Crippen MR) is 112 cm³/mol. The Hall–Kier alpha value is -1.75. The summed E-state index contributed by atoms with van der Waals surface area (Å²) in [4.78, 5) is 17.8. The molecule has 3 aliphatic heterocycles. The molecular weight excluding hydrogens is 364 g/mol. The van der Waals surface area contributed by atoms with Crippen LogP contribution in [0.25, 0.3) is 0 Å². The number of ether oxygens (including phenoxy) is 2. The van der Waals surface area contributed by atoms with Crippen molar-refractivity contribution in [3.8, 4) is 11.5 Å². The number of amides is 1. The smallest absolute Gasteiger partial charge is 0.231 e. The van der Waals surface area contributed by atoms with Gasteiger partial charge in [-0.15, -0.1) is 0 Å². The van der Waals surface area contributed by atoms with E-state index in [-0.39, 0.29) is 0 Å². The molecule has 158 valence electrons. The van der Waals surface area contributed by atoms with Crippen molar-refractivity contribution >= 4 is 5.91 Å². The average Bonchev–Trinajstić information content (AvgIpc) is 3.15. The summed E-state index contributed by atoms with van der Waals surface area (Å²) in [6.07, 6.45) is 10.2. The summed E-state index contributed by atoms with van der Waals surface area (Å²) in [5, 5.41) is 0. The Morgan fingerprint density at radius 1 is 0.931 bits per heavy atom. The Labute approximate surface area is 174 Å². The van der Waals surface area contributed by atoms with Gasteiger partial charge < -0.3 is 19.3 Å². The molecule has 3 heterocycles. The van der Waals surface area contributed by atoms with Crippen molar-refractivity contribution in [3.63, 3.8) is 0 Å². The zero-order valence-electron chi connectivity index (χ0n) is 17.5. The third-order valence-corrected chi connectivity index (χ3v) is 7.59. The average molecular weight is 399 g/mol. The Bertz CT molecular complexity index is 731. The van der Waals surface area contributed by atoms with Gasteiger partial charge in [-0.3, -0.25) is 4.79 Å². The first kappa shape index (κ1) is 19.2. The topological polar surface area (TPSA) is 42.0 Å². The number of hydrogen-bond donors (Lipinski definition) is 0. The van der Waals surface area contributed by atoms with E-state index >= 15 is 0 Å². The maximum Gasteiger partial charge on any atom is 0.231 e. The molecule has 1 saturated carbocycles. The van der Waals surface area contributed by atoms with E-state index in [1.165, 1.54) is 58.2 Å². The third kappa shape index (κ3) is 4.40. The van der Waals surface area contributed by atoms with E-state index in [1.54, 1.807) is 0 Å². The fourth-order valence-corrected chi connectivity index (χ4v) is 5.88. The highest BCUT2D eigenvalue weighted by Crippen LogP contribution is 2.36. The number of carbonyl (C=O) groups excluding carboxylic acids is 1. The van der Waals surface area contributed by atoms with E-state index in [0.717, 1.165) is 42.4 Å². The first-order valence-corrected chi connectivity index (χ1v) is 11.6. The maximum atomic E-state index is 13.0. The predicted octanol–water partition coefficient (Wildman–Crippen LogP) is 4.06. The zero-order chi connectivity index (χ0) is 19.6. The Kier molecular flexibility index (Phi) is 5.67. The lowest BCUT2D eigenvalue weighted by Gasteiger charge is -2.39. The summed E-state index contributed by atoms with van der Waals surface area (Å²) >= 11 is 0. The van der Waals surface area contributed by atoms with Crippen LogP contribution in [0, 0.1) is 17.8 Å². The molecule has 3 fully saturated rings. The van der Waals surface area contributed by atoms with Crippen molar-refractivity contribution in [1.29, 1.82) is 0 Å². The lowest BCUT2D eigenvalue weighted by molar-refractivity contribution is -0.132. The minimum atomic E-state index is 0.294. The molecule has 0 unspecified atom stereocenters. The second-order valence-corrected chi connectivity index (χ2v) is 9.57. The number of benzene rings is 1. The number of carbonyl (C=O) groups is 1. The Morgan fingerprint density at radius 2 is 1.76 bits per heavy atom. The number of piperidine rings is 1. The standard InChI is InChI=1S/C24H34N2O3/c27-24-13-20-8-10-25(14-18-4-2-1-3-5-18)16-21(20)9-11-26(24)15-19-6-7-22-23(12-19)29-17-28-22/h6-7,12,18,20-21H,1-5,8-11,13-17H2/t20-,21-/m0/s1. The minimum Gasteiger partial charge on any atom is -0.454 e. The quantitative estimate of drug-likeness (QED) is 0.767. The van der Waals surface area contributed by atoms with Gasteiger partial charge in [-0.25, -0.2) is 0 Å². The van der Waals surface area contributed by atoms with Crippen LogP contribution in [0.2, 0.25) is 0 Å². The molecule has 0 aromatic heterocycles. The largest absolute Gasteiger partial charge is 0.454 e. The first-order valence-electron chi connectivity index (χ1n) is 11.6. The fraction of sp³-hybridized carbons (Fsp3) is 0.708. The summed E-state index contributed by atoms with van der Waals surface area (Å²) in [6.45, 7) is 5.53. The first-order chi connectivity index (χ1) is 14.2. The molecule has 1 amide bonds. The number of nitrogens with zero attached hydrogens (tertiary/aromatic N) is 2. The fourth-order valence-electron chi connectivity index (χ4n) is 5.88. The number of fused-ring (bicyclic) bond motifs is 2. The van der Waals surface area contributed by atoms with Crippen LogP contribution in [0.4, 0.5) is 0 Å². The highest BCUT2D eigenvalue weighted by molar-refractivity contribution is 5.76. The van der Waals surface area contributed by atoms with Crippen molar-refractivity contribution in [2.24, 2.45) is 17.8 Å². The molecule has 1 aliphatic carbocycles. The summed E-state index contributed by atoms with van der Waals surface area (Å²) in [7, 11) is 0. The lowest BCUT2D eigenvalue weighted by atomic mass is 9.81. The normalized spacial score (nSPS) is 28.3. The summed E-state index contributed by atoms with van der Waals surface area (Å²) in [6, 6.07) is 6.05. The van der Waals surface area contributed by atoms with Crippen LogP contribution < -0.4 is 9.47 Å². The molecule has 0 spiro atoms. The molecule has 5 nitrogen and oxygen atoms in total. The van der Waals surface area contributed by atoms with Gasteiger partial charge >= 0.3 is 0 Å². The van der Waals surface area contributed by atoms with E-state index in [0.29, 0.717) is 31.1 Å². The van der Waals surface area contributed by atoms with Gasteiger partial charge in [0.05, 0.1) is 0 Å². The van der Waals surface area contributed by atoms with Gasteiger partial charge in [0.2, 0.25) is 12.7 Å². The molecule has 5 heteroatoms. The van der Waals surface area contributed by atoms with Gasteiger partial charge in [0.1, 0.15) is 0 Å². The number of rotatable bonds is 4. The van der Waals surface area contributed by atoms with Crippen LogP contribution in [0.1, 0.15) is 56.9 Å². The molecular formula is C24H34N2O3. The van der Waals surface area contributed by atoms with Crippen molar-refractivity contribution < 1.29 is 14.3 Å². The molecule has 0 N–H and O–H groups in total. The van der Waals surface area contributed by atoms with Crippen LogP contribution >= 0.6 is 0 Å². The van der Waals surface area contributed by atoms with Crippen molar-refractivity contribution in [3.05, 3.63) is 23.8 Å². The van der Waals surface area contributed by atoms with E-state index in [1.807, 2.05) is 12.1 Å². The van der Waals surface area contributed by atoms with Crippen LogP contribution in [-0.4, -0.2) is 48.7 Å².